The first-order valence-electron chi connectivity index (χ1n) is 9.08. The number of piperidine rings is 1. The van der Waals surface area contributed by atoms with Crippen LogP contribution in [0.1, 0.15) is 25.3 Å². The first kappa shape index (κ1) is 19.0. The molecule has 1 aromatic carbocycles. The lowest BCUT2D eigenvalue weighted by Gasteiger charge is -2.32. The minimum absolute atomic E-state index is 0.0430. The minimum atomic E-state index is -0.842. The number of carbonyl (C=O) groups excluding carboxylic acids is 4. The molecule has 2 saturated heterocycles. The summed E-state index contributed by atoms with van der Waals surface area (Å²) in [4.78, 5) is 52.8. The number of benzene rings is 1. The number of carbonyl (C=O) groups is 4. The third kappa shape index (κ3) is 3.85. The Balaban J connectivity index is 1.63. The number of aryl methyl sites for hydroxylation is 1. The zero-order valence-corrected chi connectivity index (χ0v) is 15.5. The summed E-state index contributed by atoms with van der Waals surface area (Å²) in [5, 5.41) is 0. The largest absolute Gasteiger partial charge is 0.466 e. The standard InChI is InChI=1S/C19H23N3O5/c1-3-27-18(25)14-8-10-20(11-9-14)12-21-16(23)17(24)22(19(21)26)15-6-4-13(2)5-7-15/h4-7,14H,3,8-12H2,1-2H3. The number of urea groups is 1. The van der Waals surface area contributed by atoms with Gasteiger partial charge in [0, 0.05) is 13.1 Å². The van der Waals surface area contributed by atoms with E-state index in [0.717, 1.165) is 15.4 Å². The Morgan fingerprint density at radius 2 is 1.70 bits per heavy atom. The maximum Gasteiger partial charge on any atom is 0.340 e. The van der Waals surface area contributed by atoms with Gasteiger partial charge in [-0.3, -0.25) is 19.3 Å². The number of imide groups is 2. The molecule has 0 saturated carbocycles. The van der Waals surface area contributed by atoms with E-state index in [1.165, 1.54) is 0 Å². The highest BCUT2D eigenvalue weighted by atomic mass is 16.5. The van der Waals surface area contributed by atoms with E-state index in [0.29, 0.717) is 38.2 Å². The Kier molecular flexibility index (Phi) is 5.55. The fourth-order valence-corrected chi connectivity index (χ4v) is 3.32. The summed E-state index contributed by atoms with van der Waals surface area (Å²) in [7, 11) is 0. The first-order valence-corrected chi connectivity index (χ1v) is 9.08. The fourth-order valence-electron chi connectivity index (χ4n) is 3.32. The monoisotopic (exact) mass is 373 g/mol. The maximum atomic E-state index is 12.7. The van der Waals surface area contributed by atoms with Gasteiger partial charge in [0.1, 0.15) is 0 Å². The number of hydrogen-bond donors (Lipinski definition) is 0. The van der Waals surface area contributed by atoms with Crippen molar-refractivity contribution in [1.29, 1.82) is 0 Å². The van der Waals surface area contributed by atoms with Gasteiger partial charge in [0.2, 0.25) is 0 Å². The van der Waals surface area contributed by atoms with E-state index < -0.39 is 17.8 Å². The minimum Gasteiger partial charge on any atom is -0.466 e. The summed E-state index contributed by atoms with van der Waals surface area (Å²) in [5.41, 5.74) is 1.37. The predicted octanol–water partition coefficient (Wildman–Crippen LogP) is 1.52. The molecule has 8 nitrogen and oxygen atoms in total. The van der Waals surface area contributed by atoms with Crippen LogP contribution in [-0.4, -0.2) is 60.0 Å². The van der Waals surface area contributed by atoms with Crippen LogP contribution in [0.5, 0.6) is 0 Å². The van der Waals surface area contributed by atoms with Crippen LogP contribution in [0.2, 0.25) is 0 Å². The van der Waals surface area contributed by atoms with Crippen LogP contribution in [0.4, 0.5) is 10.5 Å². The zero-order chi connectivity index (χ0) is 19.6. The molecule has 3 rings (SSSR count). The summed E-state index contributed by atoms with van der Waals surface area (Å²) in [6, 6.07) is 6.22. The van der Waals surface area contributed by atoms with Crippen molar-refractivity contribution >= 4 is 29.5 Å². The zero-order valence-electron chi connectivity index (χ0n) is 15.5. The van der Waals surface area contributed by atoms with Gasteiger partial charge in [0.15, 0.2) is 0 Å². The molecule has 0 aromatic heterocycles. The molecule has 2 heterocycles. The Labute approximate surface area is 157 Å². The molecule has 0 aliphatic carbocycles. The van der Waals surface area contributed by atoms with E-state index >= 15 is 0 Å². The second-order valence-corrected chi connectivity index (χ2v) is 6.78. The Bertz CT molecular complexity index is 753. The molecular weight excluding hydrogens is 350 g/mol. The number of nitrogens with zero attached hydrogens (tertiary/aromatic N) is 3. The SMILES string of the molecule is CCOC(=O)C1CCN(CN2C(=O)C(=O)N(c3ccc(C)cc3)C2=O)CC1. The van der Waals surface area contributed by atoms with Gasteiger partial charge in [-0.2, -0.15) is 0 Å². The Hall–Kier alpha value is -2.74. The Morgan fingerprint density at radius 1 is 1.07 bits per heavy atom. The smallest absolute Gasteiger partial charge is 0.340 e. The highest BCUT2D eigenvalue weighted by Crippen LogP contribution is 2.24. The van der Waals surface area contributed by atoms with Crippen molar-refractivity contribution in [1.82, 2.24) is 9.80 Å². The molecule has 8 heteroatoms. The van der Waals surface area contributed by atoms with Gasteiger partial charge in [-0.1, -0.05) is 17.7 Å². The highest BCUT2D eigenvalue weighted by Gasteiger charge is 2.46. The number of hydrogen-bond acceptors (Lipinski definition) is 6. The number of rotatable bonds is 5. The molecule has 27 heavy (non-hydrogen) atoms. The quantitative estimate of drug-likeness (QED) is 0.442. The van der Waals surface area contributed by atoms with Gasteiger partial charge in [0.05, 0.1) is 24.9 Å². The van der Waals surface area contributed by atoms with Crippen LogP contribution in [0.15, 0.2) is 24.3 Å². The molecule has 0 atom stereocenters. The molecule has 0 unspecified atom stereocenters. The van der Waals surface area contributed by atoms with Crippen molar-refractivity contribution in [3.8, 4) is 0 Å². The van der Waals surface area contributed by atoms with Gasteiger partial charge in [-0.25, -0.2) is 14.6 Å². The van der Waals surface area contributed by atoms with E-state index in [1.54, 1.807) is 31.2 Å². The van der Waals surface area contributed by atoms with Crippen LogP contribution in [-0.2, 0) is 19.1 Å². The van der Waals surface area contributed by atoms with Crippen LogP contribution in [0.3, 0.4) is 0 Å². The molecule has 0 spiro atoms. The first-order chi connectivity index (χ1) is 12.9. The van der Waals surface area contributed by atoms with Crippen molar-refractivity contribution < 1.29 is 23.9 Å². The lowest BCUT2D eigenvalue weighted by molar-refractivity contribution is -0.150. The van der Waals surface area contributed by atoms with E-state index in [4.69, 9.17) is 4.74 Å². The summed E-state index contributed by atoms with van der Waals surface area (Å²) in [5.74, 6) is -2.03. The van der Waals surface area contributed by atoms with E-state index in [1.807, 2.05) is 11.8 Å². The number of esters is 1. The lowest BCUT2D eigenvalue weighted by Crippen LogP contribution is -2.46. The molecule has 0 bridgehead atoms. The number of amides is 4. The summed E-state index contributed by atoms with van der Waals surface area (Å²) < 4.78 is 5.04. The topological polar surface area (TPSA) is 87.2 Å². The third-order valence-corrected chi connectivity index (χ3v) is 4.89. The van der Waals surface area contributed by atoms with E-state index in [2.05, 4.69) is 0 Å². The molecule has 0 radical (unpaired) electrons. The number of anilines is 1. The summed E-state index contributed by atoms with van der Waals surface area (Å²) in [6.07, 6.45) is 1.20. The van der Waals surface area contributed by atoms with Crippen molar-refractivity contribution in [3.05, 3.63) is 29.8 Å². The lowest BCUT2D eigenvalue weighted by atomic mass is 9.97. The van der Waals surface area contributed by atoms with Gasteiger partial charge < -0.3 is 4.74 Å². The van der Waals surface area contributed by atoms with Gasteiger partial charge in [-0.05, 0) is 38.8 Å². The van der Waals surface area contributed by atoms with Crippen molar-refractivity contribution in [2.45, 2.75) is 26.7 Å². The fraction of sp³-hybridized carbons (Fsp3) is 0.474. The summed E-state index contributed by atoms with van der Waals surface area (Å²) in [6.45, 7) is 5.18. The van der Waals surface area contributed by atoms with Crippen molar-refractivity contribution in [2.24, 2.45) is 5.92 Å². The Morgan fingerprint density at radius 3 is 2.30 bits per heavy atom. The van der Waals surface area contributed by atoms with Crippen LogP contribution in [0, 0.1) is 12.8 Å². The summed E-state index contributed by atoms with van der Waals surface area (Å²) >= 11 is 0. The van der Waals surface area contributed by atoms with Crippen molar-refractivity contribution in [2.75, 3.05) is 31.3 Å². The van der Waals surface area contributed by atoms with Crippen molar-refractivity contribution in [3.63, 3.8) is 0 Å². The van der Waals surface area contributed by atoms with E-state index in [9.17, 15) is 19.2 Å². The van der Waals surface area contributed by atoms with Crippen LogP contribution < -0.4 is 4.90 Å². The second-order valence-electron chi connectivity index (χ2n) is 6.78. The van der Waals surface area contributed by atoms with Gasteiger partial charge >= 0.3 is 23.8 Å². The molecule has 144 valence electrons. The predicted molar refractivity (Wildman–Crippen MR) is 96.7 cm³/mol. The number of ether oxygens (including phenoxy) is 1. The van der Waals surface area contributed by atoms with Crippen LogP contribution >= 0.6 is 0 Å². The average Bonchev–Trinajstić information content (AvgIpc) is 2.87. The molecule has 2 aliphatic rings. The molecule has 2 fully saturated rings. The second kappa shape index (κ2) is 7.87. The molecule has 4 amide bonds. The van der Waals surface area contributed by atoms with Crippen LogP contribution in [0.25, 0.3) is 0 Å². The maximum absolute atomic E-state index is 12.7. The third-order valence-electron chi connectivity index (χ3n) is 4.89. The molecular formula is C19H23N3O5. The molecule has 0 N–H and O–H groups in total. The molecule has 2 aliphatic heterocycles. The van der Waals surface area contributed by atoms with Gasteiger partial charge in [-0.15, -0.1) is 0 Å². The normalized spacial score (nSPS) is 19.1. The number of likely N-dealkylation sites (tertiary alicyclic amines) is 1. The van der Waals surface area contributed by atoms with Gasteiger partial charge in [0.25, 0.3) is 0 Å². The highest BCUT2D eigenvalue weighted by molar-refractivity contribution is 6.52. The van der Waals surface area contributed by atoms with E-state index in [-0.39, 0.29) is 18.6 Å². The molecule has 1 aromatic rings. The average molecular weight is 373 g/mol.